The summed E-state index contributed by atoms with van der Waals surface area (Å²) >= 11 is 0. The van der Waals surface area contributed by atoms with Crippen molar-refractivity contribution < 1.29 is 4.74 Å². The number of hydrogen-bond donors (Lipinski definition) is 2. The fourth-order valence-corrected chi connectivity index (χ4v) is 4.84. The summed E-state index contributed by atoms with van der Waals surface area (Å²) in [4.78, 5) is 19.7. The van der Waals surface area contributed by atoms with E-state index in [9.17, 15) is 0 Å². The molecule has 1 spiro atoms. The minimum Gasteiger partial charge on any atom is -0.375 e. The molecular formula is C24H26N6O. The van der Waals surface area contributed by atoms with Crippen LogP contribution >= 0.6 is 0 Å². The molecule has 1 aromatic carbocycles. The molecule has 4 aromatic rings. The van der Waals surface area contributed by atoms with Crippen molar-refractivity contribution >= 4 is 33.7 Å². The van der Waals surface area contributed by atoms with E-state index in [1.165, 1.54) is 23.8 Å². The van der Waals surface area contributed by atoms with Crippen LogP contribution in [0, 0.1) is 0 Å². The Morgan fingerprint density at radius 3 is 2.87 bits per heavy atom. The molecule has 7 nitrogen and oxygen atoms in total. The molecular weight excluding hydrogens is 388 g/mol. The lowest BCUT2D eigenvalue weighted by molar-refractivity contribution is -0.0146. The van der Waals surface area contributed by atoms with Crippen molar-refractivity contribution in [2.45, 2.75) is 37.8 Å². The maximum absolute atomic E-state index is 6.05. The highest BCUT2D eigenvalue weighted by Crippen LogP contribution is 2.36. The lowest BCUT2D eigenvalue weighted by atomic mass is 9.89. The van der Waals surface area contributed by atoms with E-state index < -0.39 is 0 Å². The van der Waals surface area contributed by atoms with Crippen molar-refractivity contribution in [3.8, 4) is 0 Å². The van der Waals surface area contributed by atoms with Crippen molar-refractivity contribution in [1.29, 1.82) is 0 Å². The van der Waals surface area contributed by atoms with Gasteiger partial charge in [-0.15, -0.1) is 0 Å². The molecule has 6 rings (SSSR count). The Kier molecular flexibility index (Phi) is 4.49. The molecule has 2 saturated heterocycles. The lowest BCUT2D eigenvalue weighted by Crippen LogP contribution is -2.44. The van der Waals surface area contributed by atoms with Crippen molar-refractivity contribution in [3.63, 3.8) is 0 Å². The zero-order valence-corrected chi connectivity index (χ0v) is 17.5. The number of pyridine rings is 1. The van der Waals surface area contributed by atoms with Crippen LogP contribution in [0.3, 0.4) is 0 Å². The average molecular weight is 415 g/mol. The second kappa shape index (κ2) is 7.50. The van der Waals surface area contributed by atoms with Gasteiger partial charge in [0.25, 0.3) is 0 Å². The number of fused-ring (bicyclic) bond motifs is 2. The predicted molar refractivity (Wildman–Crippen MR) is 122 cm³/mol. The monoisotopic (exact) mass is 414 g/mol. The molecule has 3 aromatic heterocycles. The fourth-order valence-electron chi connectivity index (χ4n) is 4.84. The molecule has 158 valence electrons. The van der Waals surface area contributed by atoms with Crippen molar-refractivity contribution in [2.24, 2.45) is 0 Å². The highest BCUT2D eigenvalue weighted by molar-refractivity contribution is 5.80. The molecule has 31 heavy (non-hydrogen) atoms. The van der Waals surface area contributed by atoms with Gasteiger partial charge in [0.2, 0.25) is 0 Å². The van der Waals surface area contributed by atoms with Crippen molar-refractivity contribution in [1.82, 2.24) is 19.9 Å². The summed E-state index contributed by atoms with van der Waals surface area (Å²) in [5.41, 5.74) is 3.94. The zero-order chi connectivity index (χ0) is 20.7. The molecule has 0 amide bonds. The van der Waals surface area contributed by atoms with E-state index in [1.807, 2.05) is 12.3 Å². The largest absolute Gasteiger partial charge is 0.375 e. The number of aromatic nitrogens is 4. The summed E-state index contributed by atoms with van der Waals surface area (Å²) in [6.45, 7) is 3.55. The predicted octanol–water partition coefficient (Wildman–Crippen LogP) is 4.27. The Bertz CT molecular complexity index is 1220. The van der Waals surface area contributed by atoms with E-state index in [0.717, 1.165) is 55.2 Å². The van der Waals surface area contributed by atoms with Gasteiger partial charge < -0.3 is 19.9 Å². The Hall–Kier alpha value is -3.19. The number of benzene rings is 1. The third kappa shape index (κ3) is 3.59. The zero-order valence-electron chi connectivity index (χ0n) is 17.5. The number of aromatic amines is 1. The molecule has 2 aliphatic heterocycles. The van der Waals surface area contributed by atoms with Crippen LogP contribution in [-0.2, 0) is 11.3 Å². The molecule has 0 saturated carbocycles. The smallest absolute Gasteiger partial charge is 0.182 e. The van der Waals surface area contributed by atoms with Crippen LogP contribution in [0.1, 0.15) is 31.2 Å². The Labute approximate surface area is 180 Å². The number of H-pyrrole nitrogens is 1. The molecule has 0 unspecified atom stereocenters. The van der Waals surface area contributed by atoms with Crippen molar-refractivity contribution in [3.05, 3.63) is 54.4 Å². The van der Waals surface area contributed by atoms with Crippen LogP contribution in [0.4, 0.5) is 11.6 Å². The first kappa shape index (κ1) is 18.6. The second-order valence-electron chi connectivity index (χ2n) is 8.64. The van der Waals surface area contributed by atoms with Gasteiger partial charge in [0.1, 0.15) is 17.2 Å². The lowest BCUT2D eigenvalue weighted by Gasteiger charge is -2.39. The third-order valence-electron chi connectivity index (χ3n) is 6.67. The molecule has 2 N–H and O–H groups in total. The first-order valence-corrected chi connectivity index (χ1v) is 11.1. The van der Waals surface area contributed by atoms with Crippen LogP contribution in [0.5, 0.6) is 0 Å². The number of anilines is 2. The maximum Gasteiger partial charge on any atom is 0.182 e. The van der Waals surface area contributed by atoms with Crippen LogP contribution in [0.25, 0.3) is 22.1 Å². The highest BCUT2D eigenvalue weighted by atomic mass is 16.5. The van der Waals surface area contributed by atoms with Gasteiger partial charge in [-0.2, -0.15) is 0 Å². The second-order valence-corrected chi connectivity index (χ2v) is 8.64. The van der Waals surface area contributed by atoms with Crippen LogP contribution < -0.4 is 10.2 Å². The number of nitrogens with one attached hydrogen (secondary N) is 2. The molecule has 0 radical (unpaired) electrons. The quantitative estimate of drug-likeness (QED) is 0.519. The number of rotatable bonds is 4. The van der Waals surface area contributed by atoms with E-state index >= 15 is 0 Å². The van der Waals surface area contributed by atoms with Crippen molar-refractivity contribution in [2.75, 3.05) is 29.9 Å². The van der Waals surface area contributed by atoms with E-state index in [0.29, 0.717) is 12.2 Å². The number of hydrogen-bond acceptors (Lipinski definition) is 6. The van der Waals surface area contributed by atoms with E-state index in [4.69, 9.17) is 14.7 Å². The first-order valence-electron chi connectivity index (χ1n) is 11.1. The minimum absolute atomic E-state index is 0.118. The summed E-state index contributed by atoms with van der Waals surface area (Å²) < 4.78 is 6.05. The highest BCUT2D eigenvalue weighted by Gasteiger charge is 2.38. The minimum atomic E-state index is 0.118. The van der Waals surface area contributed by atoms with E-state index in [2.05, 4.69) is 50.5 Å². The van der Waals surface area contributed by atoms with Gasteiger partial charge in [0.05, 0.1) is 11.8 Å². The molecule has 2 fully saturated rings. The number of ether oxygens (including phenoxy) is 1. The van der Waals surface area contributed by atoms with E-state index in [1.54, 1.807) is 6.20 Å². The summed E-state index contributed by atoms with van der Waals surface area (Å²) in [5.74, 6) is 1.71. The van der Waals surface area contributed by atoms with Crippen LogP contribution in [-0.4, -0.2) is 45.2 Å². The summed E-state index contributed by atoms with van der Waals surface area (Å²) in [6, 6.07) is 12.6. The molecule has 5 heterocycles. The molecule has 7 heteroatoms. The molecule has 2 aliphatic rings. The first-order chi connectivity index (χ1) is 15.3. The SMILES string of the molecule is c1cc2ccc(CNc3cnc4ccc(N5CCC6(CCCO6)CC5)nc4n3)cc2[nH]1. The van der Waals surface area contributed by atoms with E-state index in [-0.39, 0.29) is 5.60 Å². The summed E-state index contributed by atoms with van der Waals surface area (Å²) in [7, 11) is 0. The molecule has 0 atom stereocenters. The summed E-state index contributed by atoms with van der Waals surface area (Å²) in [6.07, 6.45) is 8.28. The topological polar surface area (TPSA) is 79.0 Å². The van der Waals surface area contributed by atoms with Gasteiger partial charge in [0, 0.05) is 38.0 Å². The maximum atomic E-state index is 6.05. The number of nitrogens with zero attached hydrogens (tertiary/aromatic N) is 4. The Morgan fingerprint density at radius 1 is 1.06 bits per heavy atom. The van der Waals surface area contributed by atoms with Gasteiger partial charge >= 0.3 is 0 Å². The molecule has 0 bridgehead atoms. The van der Waals surface area contributed by atoms with Gasteiger partial charge in [-0.05, 0) is 60.9 Å². The standard InChI is InChI=1S/C24H26N6O/c1-7-24(31-13-1)8-11-30(12-9-24)22-5-4-19-23(29-22)28-21(16-26-19)27-15-17-2-3-18-6-10-25-20(18)14-17/h2-6,10,14,16,25H,1,7-9,11-13,15H2,(H,27,28,29). The molecule has 0 aliphatic carbocycles. The average Bonchev–Trinajstić information content (AvgIpc) is 3.47. The Morgan fingerprint density at radius 2 is 2.00 bits per heavy atom. The van der Waals surface area contributed by atoms with Gasteiger partial charge in [-0.1, -0.05) is 12.1 Å². The fraction of sp³-hybridized carbons (Fsp3) is 0.375. The Balaban J connectivity index is 1.17. The summed E-state index contributed by atoms with van der Waals surface area (Å²) in [5, 5.41) is 4.60. The van der Waals surface area contributed by atoms with Gasteiger partial charge in [-0.25, -0.2) is 15.0 Å². The van der Waals surface area contributed by atoms with Crippen LogP contribution in [0.15, 0.2) is 48.8 Å². The van der Waals surface area contributed by atoms with Gasteiger partial charge in [-0.3, -0.25) is 0 Å². The van der Waals surface area contributed by atoms with Crippen LogP contribution in [0.2, 0.25) is 0 Å². The van der Waals surface area contributed by atoms with Gasteiger partial charge in [0.15, 0.2) is 5.65 Å². The third-order valence-corrected chi connectivity index (χ3v) is 6.67. The normalized spacial score (nSPS) is 18.3. The number of piperidine rings is 1.